The molecular formula is C30H26ClF5N6O2S. The maximum Gasteiger partial charge on any atom is 0.319 e. The Hall–Kier alpha value is -3.67. The SMILES string of the molecule is C[C@H]1CN(CC(F)F)c2nc(OC[C@@]34CCCN3C[C@H](F)C4)nc3c(F)c(-c4ccc(F)c5sc(N)c(C#N)c45)c(Cl)c(c23)O1. The molecule has 45 heavy (non-hydrogen) atoms. The van der Waals surface area contributed by atoms with Gasteiger partial charge in [-0.25, -0.2) is 22.0 Å². The molecule has 0 amide bonds. The summed E-state index contributed by atoms with van der Waals surface area (Å²) in [5.74, 6) is -1.74. The zero-order valence-corrected chi connectivity index (χ0v) is 25.4. The number of ether oxygens (including phenoxy) is 2. The fourth-order valence-electron chi connectivity index (χ4n) is 6.99. The highest BCUT2D eigenvalue weighted by Crippen LogP contribution is 2.51. The summed E-state index contributed by atoms with van der Waals surface area (Å²) in [7, 11) is 0. The van der Waals surface area contributed by atoms with Crippen LogP contribution in [0.15, 0.2) is 12.1 Å². The number of aromatic nitrogens is 2. The monoisotopic (exact) mass is 664 g/mol. The first kappa shape index (κ1) is 30.0. The first-order valence-electron chi connectivity index (χ1n) is 14.4. The lowest BCUT2D eigenvalue weighted by Gasteiger charge is -2.31. The van der Waals surface area contributed by atoms with Gasteiger partial charge in [0.25, 0.3) is 6.43 Å². The van der Waals surface area contributed by atoms with Crippen molar-refractivity contribution in [2.75, 3.05) is 43.4 Å². The molecule has 7 rings (SSSR count). The molecule has 0 spiro atoms. The smallest absolute Gasteiger partial charge is 0.319 e. The average molecular weight is 665 g/mol. The zero-order chi connectivity index (χ0) is 31.8. The number of hydrogen-bond donors (Lipinski definition) is 1. The second-order valence-electron chi connectivity index (χ2n) is 11.7. The van der Waals surface area contributed by atoms with Crippen LogP contribution in [0.4, 0.5) is 32.8 Å². The number of alkyl halides is 3. The lowest BCUT2D eigenvalue weighted by atomic mass is 9.95. The molecule has 0 radical (unpaired) electrons. The van der Waals surface area contributed by atoms with Gasteiger partial charge in [0, 0.05) is 23.9 Å². The van der Waals surface area contributed by atoms with Crippen LogP contribution < -0.4 is 20.1 Å². The second-order valence-corrected chi connectivity index (χ2v) is 13.2. The second kappa shape index (κ2) is 11.0. The van der Waals surface area contributed by atoms with E-state index in [9.17, 15) is 22.8 Å². The Kier molecular flexibility index (Phi) is 7.33. The predicted molar refractivity (Wildman–Crippen MR) is 161 cm³/mol. The number of benzene rings is 2. The van der Waals surface area contributed by atoms with Crippen molar-refractivity contribution in [3.63, 3.8) is 0 Å². The molecule has 2 fully saturated rings. The highest BCUT2D eigenvalue weighted by Gasteiger charge is 2.49. The van der Waals surface area contributed by atoms with Crippen LogP contribution in [0.3, 0.4) is 0 Å². The summed E-state index contributed by atoms with van der Waals surface area (Å²) in [6.07, 6.45) is -2.66. The fraction of sp³-hybridized carbons (Fsp3) is 0.433. The van der Waals surface area contributed by atoms with E-state index in [1.165, 1.54) is 11.0 Å². The van der Waals surface area contributed by atoms with Gasteiger partial charge < -0.3 is 20.1 Å². The number of anilines is 2. The summed E-state index contributed by atoms with van der Waals surface area (Å²) in [5.41, 5.74) is 4.91. The lowest BCUT2D eigenvalue weighted by Crippen LogP contribution is -2.43. The molecule has 8 nitrogen and oxygen atoms in total. The quantitative estimate of drug-likeness (QED) is 0.227. The normalized spacial score (nSPS) is 23.0. The average Bonchev–Trinajstić information content (AvgIpc) is 3.60. The molecule has 2 aromatic heterocycles. The van der Waals surface area contributed by atoms with Crippen LogP contribution in [0.25, 0.3) is 32.1 Å². The number of nitrogen functional groups attached to an aromatic ring is 1. The highest BCUT2D eigenvalue weighted by molar-refractivity contribution is 7.23. The van der Waals surface area contributed by atoms with Crippen molar-refractivity contribution in [3.8, 4) is 29.0 Å². The van der Waals surface area contributed by atoms with Gasteiger partial charge in [-0.3, -0.25) is 4.90 Å². The number of thiophene rings is 1. The molecule has 3 atom stereocenters. The third-order valence-corrected chi connectivity index (χ3v) is 10.2. The van der Waals surface area contributed by atoms with Gasteiger partial charge >= 0.3 is 6.01 Å². The predicted octanol–water partition coefficient (Wildman–Crippen LogP) is 6.70. The number of rotatable bonds is 6. The van der Waals surface area contributed by atoms with E-state index in [1.54, 1.807) is 6.92 Å². The molecule has 2 saturated heterocycles. The fourth-order valence-corrected chi connectivity index (χ4v) is 8.27. The molecule has 0 aliphatic carbocycles. The molecular weight excluding hydrogens is 639 g/mol. The molecule has 3 aliphatic heterocycles. The minimum Gasteiger partial charge on any atom is -0.486 e. The van der Waals surface area contributed by atoms with Gasteiger partial charge in [0.05, 0.1) is 39.3 Å². The summed E-state index contributed by atoms with van der Waals surface area (Å²) in [4.78, 5) is 12.2. The summed E-state index contributed by atoms with van der Waals surface area (Å²) >= 11 is 7.71. The molecule has 0 saturated carbocycles. The Labute approximate surface area is 263 Å². The van der Waals surface area contributed by atoms with Crippen molar-refractivity contribution < 1.29 is 31.4 Å². The maximum absolute atomic E-state index is 16.9. The number of halogens is 6. The summed E-state index contributed by atoms with van der Waals surface area (Å²) in [5, 5.41) is 9.69. The van der Waals surface area contributed by atoms with Gasteiger partial charge in [-0.1, -0.05) is 17.7 Å². The van der Waals surface area contributed by atoms with Crippen molar-refractivity contribution >= 4 is 54.7 Å². The van der Waals surface area contributed by atoms with Gasteiger partial charge in [0.2, 0.25) is 0 Å². The molecule has 2 aromatic carbocycles. The maximum atomic E-state index is 16.9. The third kappa shape index (κ3) is 4.78. The van der Waals surface area contributed by atoms with Crippen molar-refractivity contribution in [3.05, 3.63) is 34.4 Å². The topological polar surface area (TPSA) is 101 Å². The van der Waals surface area contributed by atoms with E-state index >= 15 is 4.39 Å². The van der Waals surface area contributed by atoms with Crippen LogP contribution in [0.5, 0.6) is 11.8 Å². The highest BCUT2D eigenvalue weighted by atomic mass is 35.5. The number of nitrogens with two attached hydrogens (primary N) is 1. The first-order valence-corrected chi connectivity index (χ1v) is 15.6. The Bertz CT molecular complexity index is 1900. The molecule has 15 heteroatoms. The molecule has 2 N–H and O–H groups in total. The van der Waals surface area contributed by atoms with E-state index < -0.39 is 42.4 Å². The van der Waals surface area contributed by atoms with E-state index in [1.807, 2.05) is 11.0 Å². The Morgan fingerprint density at radius 1 is 1.27 bits per heavy atom. The zero-order valence-electron chi connectivity index (χ0n) is 23.8. The van der Waals surface area contributed by atoms with E-state index in [-0.39, 0.29) is 91.4 Å². The molecule has 0 unspecified atom stereocenters. The largest absolute Gasteiger partial charge is 0.486 e. The van der Waals surface area contributed by atoms with Crippen molar-refractivity contribution in [1.82, 2.24) is 14.9 Å². The van der Waals surface area contributed by atoms with Gasteiger partial charge in [-0.15, -0.1) is 11.3 Å². The summed E-state index contributed by atoms with van der Waals surface area (Å²) < 4.78 is 86.0. The van der Waals surface area contributed by atoms with Gasteiger partial charge in [-0.05, 0) is 37.9 Å². The number of fused-ring (bicyclic) bond motifs is 2. The van der Waals surface area contributed by atoms with Gasteiger partial charge in [0.15, 0.2) is 11.6 Å². The van der Waals surface area contributed by atoms with Crippen LogP contribution in [-0.4, -0.2) is 71.9 Å². The number of hydrogen-bond acceptors (Lipinski definition) is 9. The van der Waals surface area contributed by atoms with E-state index in [4.69, 9.17) is 26.8 Å². The van der Waals surface area contributed by atoms with E-state index in [0.717, 1.165) is 30.4 Å². The van der Waals surface area contributed by atoms with Crippen molar-refractivity contribution in [1.29, 1.82) is 5.26 Å². The molecule has 236 valence electrons. The Balaban J connectivity index is 1.46. The summed E-state index contributed by atoms with van der Waals surface area (Å²) in [6, 6.07) is 4.09. The third-order valence-electron chi connectivity index (χ3n) is 8.83. The van der Waals surface area contributed by atoms with E-state index in [0.29, 0.717) is 6.42 Å². The number of nitrogens with zero attached hydrogens (tertiary/aromatic N) is 5. The molecule has 4 aromatic rings. The van der Waals surface area contributed by atoms with E-state index in [2.05, 4.69) is 9.97 Å². The van der Waals surface area contributed by atoms with Gasteiger partial charge in [0.1, 0.15) is 47.1 Å². The summed E-state index contributed by atoms with van der Waals surface area (Å²) in [6.45, 7) is 1.89. The minimum absolute atomic E-state index is 0.0212. The number of nitriles is 1. The minimum atomic E-state index is -2.76. The van der Waals surface area contributed by atoms with Gasteiger partial charge in [-0.2, -0.15) is 15.2 Å². The van der Waals surface area contributed by atoms with Crippen LogP contribution >= 0.6 is 22.9 Å². The van der Waals surface area contributed by atoms with Crippen molar-refractivity contribution in [2.45, 2.75) is 50.4 Å². The van der Waals surface area contributed by atoms with Crippen LogP contribution in [0.2, 0.25) is 5.02 Å². The van der Waals surface area contributed by atoms with Crippen LogP contribution in [-0.2, 0) is 0 Å². The Morgan fingerprint density at radius 3 is 2.82 bits per heavy atom. The Morgan fingerprint density at radius 2 is 2.07 bits per heavy atom. The van der Waals surface area contributed by atoms with Crippen LogP contribution in [0, 0.1) is 23.0 Å². The molecule has 5 heterocycles. The standard InChI is InChI=1S/C30H26ClF5N6O2S/c1-13-9-41(11-18(34)35)28-21-24(39-29(40-28)43-12-30-5-2-6-42(30)10-14(32)7-30)23(36)20(22(31)25(21)44-13)15-3-4-17(33)26-19(15)16(8-37)27(38)45-26/h3-4,13-14,18H,2,5-7,9-12,38H2,1H3/t13-,14+,30-/m0/s1. The van der Waals surface area contributed by atoms with Crippen molar-refractivity contribution in [2.24, 2.45) is 0 Å². The molecule has 0 bridgehead atoms. The van der Waals surface area contributed by atoms with Crippen LogP contribution in [0.1, 0.15) is 31.7 Å². The molecule has 3 aliphatic rings. The lowest BCUT2D eigenvalue weighted by molar-refractivity contribution is 0.107. The first-order chi connectivity index (χ1) is 21.5.